The van der Waals surface area contributed by atoms with Crippen molar-refractivity contribution in [3.8, 4) is 0 Å². The van der Waals surface area contributed by atoms with Crippen molar-refractivity contribution in [2.45, 2.75) is 5.16 Å². The molecule has 0 aliphatic carbocycles. The number of methoxy groups -OCH3 is 1. The number of nitrogens with one attached hydrogen (secondary N) is 1. The summed E-state index contributed by atoms with van der Waals surface area (Å²) in [6.07, 6.45) is 3.64. The number of carbonyl (C=O) groups is 1. The Labute approximate surface area is 107 Å². The van der Waals surface area contributed by atoms with Crippen molar-refractivity contribution in [2.24, 2.45) is 0 Å². The Bertz CT molecular complexity index is 568. The monoisotopic (exact) mass is 269 g/mol. The van der Waals surface area contributed by atoms with Crippen molar-refractivity contribution in [2.75, 3.05) is 25.7 Å². The zero-order valence-electron chi connectivity index (χ0n) is 9.60. The summed E-state index contributed by atoms with van der Waals surface area (Å²) in [5, 5.41) is 3.68. The molecule has 0 spiro atoms. The largest absolute Gasteiger partial charge is 0.465 e. The van der Waals surface area contributed by atoms with Gasteiger partial charge in [0.05, 0.1) is 17.5 Å². The minimum atomic E-state index is -0.358. The Morgan fingerprint density at radius 3 is 2.94 bits per heavy atom. The average molecular weight is 269 g/mol. The number of carbonyl (C=O) groups excluding carboxylic acids is 1. The highest BCUT2D eigenvalue weighted by Crippen LogP contribution is 2.35. The molecule has 0 bridgehead atoms. The number of nitrogens with zero attached hydrogens (tertiary/aromatic N) is 2. The number of ether oxygens (including phenoxy) is 1. The van der Waals surface area contributed by atoms with Gasteiger partial charge in [-0.1, -0.05) is 11.8 Å². The molecule has 0 saturated heterocycles. The summed E-state index contributed by atoms with van der Waals surface area (Å²) in [6, 6.07) is 0. The fraction of sp³-hybridized carbons (Fsp3) is 0.300. The Hall–Kier alpha value is -1.34. The third-order valence-corrected chi connectivity index (χ3v) is 3.87. The molecule has 1 N–H and O–H groups in total. The van der Waals surface area contributed by atoms with Crippen LogP contribution in [0.2, 0.25) is 0 Å². The van der Waals surface area contributed by atoms with Crippen LogP contribution < -0.4 is 5.32 Å². The normalized spacial score (nSPS) is 10.5. The van der Waals surface area contributed by atoms with E-state index in [-0.39, 0.29) is 5.97 Å². The number of hydrogen-bond donors (Lipinski definition) is 1. The van der Waals surface area contributed by atoms with E-state index in [9.17, 15) is 4.79 Å². The summed E-state index contributed by atoms with van der Waals surface area (Å²) < 4.78 is 5.61. The molecule has 0 radical (unpaired) electrons. The van der Waals surface area contributed by atoms with Crippen LogP contribution in [0.1, 0.15) is 9.67 Å². The van der Waals surface area contributed by atoms with Gasteiger partial charge in [-0.25, -0.2) is 14.8 Å². The van der Waals surface area contributed by atoms with Crippen LogP contribution in [0.3, 0.4) is 0 Å². The van der Waals surface area contributed by atoms with Crippen LogP contribution in [0.25, 0.3) is 10.2 Å². The molecule has 0 unspecified atom stereocenters. The highest BCUT2D eigenvalue weighted by atomic mass is 32.2. The maximum atomic E-state index is 11.6. The third kappa shape index (κ3) is 2.07. The molecule has 90 valence electrons. The van der Waals surface area contributed by atoms with Crippen LogP contribution in [0.15, 0.2) is 11.4 Å². The summed E-state index contributed by atoms with van der Waals surface area (Å²) in [4.78, 5) is 20.7. The van der Waals surface area contributed by atoms with Crippen molar-refractivity contribution in [3.05, 3.63) is 11.1 Å². The molecule has 2 aromatic heterocycles. The van der Waals surface area contributed by atoms with E-state index in [1.54, 1.807) is 13.2 Å². The van der Waals surface area contributed by atoms with Crippen molar-refractivity contribution in [1.82, 2.24) is 9.97 Å². The van der Waals surface area contributed by atoms with E-state index < -0.39 is 0 Å². The number of fused-ring (bicyclic) bond motifs is 1. The molecule has 17 heavy (non-hydrogen) atoms. The summed E-state index contributed by atoms with van der Waals surface area (Å²) in [7, 11) is 3.12. The van der Waals surface area contributed by atoms with Crippen LogP contribution in [0.4, 0.5) is 5.69 Å². The number of thioether (sulfide) groups is 1. The summed E-state index contributed by atoms with van der Waals surface area (Å²) >= 11 is 2.79. The minimum Gasteiger partial charge on any atom is -0.465 e. The lowest BCUT2D eigenvalue weighted by atomic mass is 10.3. The number of aromatic nitrogens is 2. The molecule has 2 rings (SSSR count). The maximum absolute atomic E-state index is 11.6. The predicted octanol–water partition coefficient (Wildman–Crippen LogP) is 2.24. The van der Waals surface area contributed by atoms with Crippen LogP contribution in [0, 0.1) is 0 Å². The zero-order valence-corrected chi connectivity index (χ0v) is 11.2. The number of hydrogen-bond acceptors (Lipinski definition) is 7. The van der Waals surface area contributed by atoms with Gasteiger partial charge in [-0.2, -0.15) is 0 Å². The van der Waals surface area contributed by atoms with E-state index in [0.29, 0.717) is 15.7 Å². The van der Waals surface area contributed by atoms with E-state index in [4.69, 9.17) is 4.74 Å². The smallest absolute Gasteiger partial charge is 0.350 e. The maximum Gasteiger partial charge on any atom is 0.350 e. The highest BCUT2D eigenvalue weighted by Gasteiger charge is 2.19. The lowest BCUT2D eigenvalue weighted by Gasteiger charge is -2.01. The van der Waals surface area contributed by atoms with Gasteiger partial charge in [-0.3, -0.25) is 0 Å². The van der Waals surface area contributed by atoms with Gasteiger partial charge in [0.15, 0.2) is 5.16 Å². The summed E-state index contributed by atoms with van der Waals surface area (Å²) in [5.41, 5.74) is 1.46. The SMILES string of the molecule is CNc1c(C(=O)OC)sc2cnc(SC)nc12. The van der Waals surface area contributed by atoms with Crippen molar-refractivity contribution in [1.29, 1.82) is 0 Å². The van der Waals surface area contributed by atoms with E-state index >= 15 is 0 Å². The first-order chi connectivity index (χ1) is 8.21. The minimum absolute atomic E-state index is 0.358. The van der Waals surface area contributed by atoms with Crippen LogP contribution in [-0.2, 0) is 4.74 Å². The molecule has 0 fully saturated rings. The second-order valence-electron chi connectivity index (χ2n) is 3.12. The molecule has 0 aromatic carbocycles. The topological polar surface area (TPSA) is 64.1 Å². The standard InChI is InChI=1S/C10H11N3O2S2/c1-11-7-6-5(4-12-10(13-6)16-3)17-8(7)9(14)15-2/h4,11H,1-3H3. The Morgan fingerprint density at radius 2 is 2.35 bits per heavy atom. The van der Waals surface area contributed by atoms with E-state index in [2.05, 4.69) is 15.3 Å². The van der Waals surface area contributed by atoms with Gasteiger partial charge in [0.25, 0.3) is 0 Å². The molecular formula is C10H11N3O2S2. The summed E-state index contributed by atoms with van der Waals surface area (Å²) in [5.74, 6) is -0.358. The Balaban J connectivity index is 2.67. The molecule has 2 aromatic rings. The Kier molecular flexibility index (Phi) is 3.49. The van der Waals surface area contributed by atoms with Gasteiger partial charge in [0.1, 0.15) is 10.4 Å². The number of thiophene rings is 1. The van der Waals surface area contributed by atoms with Crippen LogP contribution in [0.5, 0.6) is 0 Å². The van der Waals surface area contributed by atoms with Crippen LogP contribution >= 0.6 is 23.1 Å². The van der Waals surface area contributed by atoms with Gasteiger partial charge in [0, 0.05) is 13.2 Å². The quantitative estimate of drug-likeness (QED) is 0.524. The van der Waals surface area contributed by atoms with Crippen molar-refractivity contribution >= 4 is 45.0 Å². The lowest BCUT2D eigenvalue weighted by Crippen LogP contribution is -2.02. The zero-order chi connectivity index (χ0) is 12.4. The molecular weight excluding hydrogens is 258 g/mol. The highest BCUT2D eigenvalue weighted by molar-refractivity contribution is 7.98. The van der Waals surface area contributed by atoms with Gasteiger partial charge in [-0.05, 0) is 6.26 Å². The van der Waals surface area contributed by atoms with Crippen molar-refractivity contribution < 1.29 is 9.53 Å². The van der Waals surface area contributed by atoms with Crippen molar-refractivity contribution in [3.63, 3.8) is 0 Å². The molecule has 0 saturated carbocycles. The fourth-order valence-corrected chi connectivity index (χ4v) is 2.82. The average Bonchev–Trinajstić information content (AvgIpc) is 2.74. The van der Waals surface area contributed by atoms with E-state index in [1.165, 1.54) is 30.2 Å². The number of rotatable bonds is 3. The lowest BCUT2D eigenvalue weighted by molar-refractivity contribution is 0.0607. The number of esters is 1. The third-order valence-electron chi connectivity index (χ3n) is 2.21. The first kappa shape index (κ1) is 12.1. The second-order valence-corrected chi connectivity index (χ2v) is 4.94. The van der Waals surface area contributed by atoms with Gasteiger partial charge in [0.2, 0.25) is 0 Å². The van der Waals surface area contributed by atoms with E-state index in [0.717, 1.165) is 10.2 Å². The first-order valence-corrected chi connectivity index (χ1v) is 6.85. The second kappa shape index (κ2) is 4.89. The molecule has 0 aliphatic heterocycles. The Morgan fingerprint density at radius 1 is 1.59 bits per heavy atom. The number of anilines is 1. The molecule has 2 heterocycles. The first-order valence-electron chi connectivity index (χ1n) is 4.80. The summed E-state index contributed by atoms with van der Waals surface area (Å²) in [6.45, 7) is 0. The molecule has 5 nitrogen and oxygen atoms in total. The van der Waals surface area contributed by atoms with E-state index in [1.807, 2.05) is 6.26 Å². The van der Waals surface area contributed by atoms with Crippen LogP contribution in [-0.4, -0.2) is 36.4 Å². The molecule has 0 atom stereocenters. The molecule has 0 aliphatic rings. The van der Waals surface area contributed by atoms with Gasteiger partial charge >= 0.3 is 5.97 Å². The van der Waals surface area contributed by atoms with Gasteiger partial charge < -0.3 is 10.1 Å². The van der Waals surface area contributed by atoms with Gasteiger partial charge in [-0.15, -0.1) is 11.3 Å². The predicted molar refractivity (Wildman–Crippen MR) is 70.1 cm³/mol. The molecule has 0 amide bonds. The molecule has 7 heteroatoms. The fourth-order valence-electron chi connectivity index (χ4n) is 1.44.